The van der Waals surface area contributed by atoms with Crippen LogP contribution in [0.5, 0.6) is 23.0 Å². The second kappa shape index (κ2) is 9.19. The molecule has 3 heterocycles. The second-order valence-corrected chi connectivity index (χ2v) is 8.94. The van der Waals surface area contributed by atoms with Gasteiger partial charge in [0.15, 0.2) is 11.5 Å². The summed E-state index contributed by atoms with van der Waals surface area (Å²) in [5.74, 6) is -0.468. The molecule has 0 spiro atoms. The van der Waals surface area contributed by atoms with E-state index in [1.165, 1.54) is 55.1 Å². The largest absolute Gasteiger partial charge is 0.493 e. The summed E-state index contributed by atoms with van der Waals surface area (Å²) >= 11 is 0.905. The number of thiazole rings is 1. The first-order valence-corrected chi connectivity index (χ1v) is 11.6. The van der Waals surface area contributed by atoms with E-state index in [4.69, 9.17) is 23.7 Å². The highest BCUT2D eigenvalue weighted by Crippen LogP contribution is 2.55. The lowest BCUT2D eigenvalue weighted by Gasteiger charge is -2.33. The molecule has 188 valence electrons. The van der Waals surface area contributed by atoms with Crippen LogP contribution in [-0.4, -0.2) is 44.6 Å². The number of amides is 1. The number of anilines is 2. The molecule has 2 aliphatic rings. The number of hydrogen-bond donors (Lipinski definition) is 0. The average Bonchev–Trinajstić information content (AvgIpc) is 3.49. The van der Waals surface area contributed by atoms with Crippen molar-refractivity contribution in [3.63, 3.8) is 0 Å². The molecule has 1 aromatic heterocycles. The van der Waals surface area contributed by atoms with Crippen LogP contribution in [0.15, 0.2) is 35.1 Å². The molecule has 0 aliphatic carbocycles. The molecule has 2 aromatic carbocycles. The van der Waals surface area contributed by atoms with Crippen LogP contribution in [0.3, 0.4) is 0 Å². The van der Waals surface area contributed by atoms with E-state index in [-0.39, 0.29) is 24.9 Å². The average molecular weight is 517 g/mol. The Labute approximate surface area is 208 Å². The van der Waals surface area contributed by atoms with Crippen LogP contribution in [0.1, 0.15) is 22.8 Å². The second-order valence-electron chi connectivity index (χ2n) is 7.95. The molecule has 0 radical (unpaired) electrons. The molecule has 0 saturated heterocycles. The van der Waals surface area contributed by atoms with E-state index in [2.05, 4.69) is 0 Å². The number of ether oxygens (including phenoxy) is 5. The summed E-state index contributed by atoms with van der Waals surface area (Å²) in [6, 6.07) is 7.00. The zero-order valence-corrected chi connectivity index (χ0v) is 20.3. The minimum atomic E-state index is -0.659. The monoisotopic (exact) mass is 516 g/mol. The first kappa shape index (κ1) is 23.7. The van der Waals surface area contributed by atoms with Gasteiger partial charge in [-0.3, -0.25) is 23.9 Å². The van der Waals surface area contributed by atoms with E-state index >= 15 is 0 Å². The SMILES string of the molecule is COC(=O)Cn1c2c(sc1=O)C(c1cc(OC)c3c(c1OC)OCO3)CC(=O)N2c1ccc(F)cc1. The Bertz CT molecular complexity index is 1410. The zero-order valence-electron chi connectivity index (χ0n) is 19.5. The van der Waals surface area contributed by atoms with E-state index < -0.39 is 29.1 Å². The first-order chi connectivity index (χ1) is 17.4. The molecule has 1 amide bonds. The van der Waals surface area contributed by atoms with Gasteiger partial charge in [0.2, 0.25) is 24.2 Å². The maximum atomic E-state index is 13.6. The summed E-state index contributed by atoms with van der Waals surface area (Å²) in [6.45, 7) is -0.429. The minimum absolute atomic E-state index is 0.0263. The molecule has 0 N–H and O–H groups in total. The molecule has 2 aliphatic heterocycles. The Morgan fingerprint density at radius 3 is 2.50 bits per heavy atom. The molecular weight excluding hydrogens is 495 g/mol. The van der Waals surface area contributed by atoms with Gasteiger partial charge in [-0.2, -0.15) is 0 Å². The Morgan fingerprint density at radius 2 is 1.83 bits per heavy atom. The highest BCUT2D eigenvalue weighted by molar-refractivity contribution is 7.10. The van der Waals surface area contributed by atoms with Crippen LogP contribution in [-0.2, 0) is 20.9 Å². The van der Waals surface area contributed by atoms with E-state index in [0.717, 1.165) is 11.3 Å². The number of esters is 1. The third-order valence-electron chi connectivity index (χ3n) is 6.04. The Kier molecular flexibility index (Phi) is 6.04. The van der Waals surface area contributed by atoms with Crippen molar-refractivity contribution in [1.82, 2.24) is 4.57 Å². The predicted molar refractivity (Wildman–Crippen MR) is 126 cm³/mol. The van der Waals surface area contributed by atoms with Crippen LogP contribution in [0.25, 0.3) is 0 Å². The van der Waals surface area contributed by atoms with Crippen LogP contribution in [0, 0.1) is 5.82 Å². The van der Waals surface area contributed by atoms with Gasteiger partial charge in [0.1, 0.15) is 18.2 Å². The fourth-order valence-corrected chi connectivity index (χ4v) is 5.54. The number of benzene rings is 2. The van der Waals surface area contributed by atoms with Crippen molar-refractivity contribution < 1.29 is 37.7 Å². The fraction of sp³-hybridized carbons (Fsp3) is 0.292. The number of hydrogen-bond acceptors (Lipinski definition) is 9. The van der Waals surface area contributed by atoms with Crippen molar-refractivity contribution in [3.8, 4) is 23.0 Å². The molecule has 1 unspecified atom stereocenters. The summed E-state index contributed by atoms with van der Waals surface area (Å²) in [4.78, 5) is 40.3. The van der Waals surface area contributed by atoms with Crippen molar-refractivity contribution in [2.45, 2.75) is 18.9 Å². The smallest absolute Gasteiger partial charge is 0.325 e. The Hall–Kier alpha value is -4.06. The van der Waals surface area contributed by atoms with Crippen molar-refractivity contribution in [2.24, 2.45) is 0 Å². The van der Waals surface area contributed by atoms with Gasteiger partial charge in [0, 0.05) is 17.9 Å². The number of carbonyl (C=O) groups is 2. The molecule has 0 saturated carbocycles. The van der Waals surface area contributed by atoms with Gasteiger partial charge < -0.3 is 23.7 Å². The lowest BCUT2D eigenvalue weighted by Crippen LogP contribution is -2.36. The number of nitrogens with zero attached hydrogens (tertiary/aromatic N) is 2. The molecular formula is C24H21FN2O8S. The summed E-state index contributed by atoms with van der Waals surface area (Å²) in [7, 11) is 4.16. The number of halogens is 1. The molecule has 0 bridgehead atoms. The number of carbonyl (C=O) groups excluding carboxylic acids is 2. The van der Waals surface area contributed by atoms with E-state index in [9.17, 15) is 18.8 Å². The zero-order chi connectivity index (χ0) is 25.6. The van der Waals surface area contributed by atoms with Gasteiger partial charge in [-0.25, -0.2) is 4.39 Å². The first-order valence-electron chi connectivity index (χ1n) is 10.8. The maximum Gasteiger partial charge on any atom is 0.325 e. The number of methoxy groups -OCH3 is 3. The highest BCUT2D eigenvalue weighted by Gasteiger charge is 2.41. The summed E-state index contributed by atoms with van der Waals surface area (Å²) in [5.41, 5.74) is 0.908. The van der Waals surface area contributed by atoms with Crippen LogP contribution >= 0.6 is 11.3 Å². The van der Waals surface area contributed by atoms with Crippen molar-refractivity contribution in [3.05, 3.63) is 56.3 Å². The Morgan fingerprint density at radius 1 is 1.11 bits per heavy atom. The van der Waals surface area contributed by atoms with Gasteiger partial charge in [-0.05, 0) is 30.3 Å². The van der Waals surface area contributed by atoms with Crippen LogP contribution in [0.4, 0.5) is 15.9 Å². The van der Waals surface area contributed by atoms with E-state index in [0.29, 0.717) is 39.1 Å². The van der Waals surface area contributed by atoms with E-state index in [1.54, 1.807) is 6.07 Å². The maximum absolute atomic E-state index is 13.6. The van der Waals surface area contributed by atoms with Crippen molar-refractivity contribution >= 4 is 34.7 Å². The quantitative estimate of drug-likeness (QED) is 0.460. The molecule has 0 fully saturated rings. The van der Waals surface area contributed by atoms with Gasteiger partial charge in [0.05, 0.1) is 31.9 Å². The number of aromatic nitrogens is 1. The molecule has 1 atom stereocenters. The molecule has 10 nitrogen and oxygen atoms in total. The molecule has 36 heavy (non-hydrogen) atoms. The van der Waals surface area contributed by atoms with Crippen molar-refractivity contribution in [1.29, 1.82) is 0 Å². The van der Waals surface area contributed by atoms with E-state index in [1.807, 2.05) is 0 Å². The summed E-state index contributed by atoms with van der Waals surface area (Å²) < 4.78 is 41.9. The third kappa shape index (κ3) is 3.73. The topological polar surface area (TPSA) is 106 Å². The van der Waals surface area contributed by atoms with Crippen LogP contribution < -0.4 is 28.7 Å². The van der Waals surface area contributed by atoms with Gasteiger partial charge in [-0.1, -0.05) is 11.3 Å². The van der Waals surface area contributed by atoms with Gasteiger partial charge in [-0.15, -0.1) is 0 Å². The normalized spacial score (nSPS) is 16.1. The van der Waals surface area contributed by atoms with Crippen molar-refractivity contribution in [2.75, 3.05) is 33.0 Å². The van der Waals surface area contributed by atoms with Gasteiger partial charge >= 0.3 is 10.8 Å². The number of fused-ring (bicyclic) bond motifs is 2. The highest BCUT2D eigenvalue weighted by atomic mass is 32.1. The lowest BCUT2D eigenvalue weighted by atomic mass is 9.89. The van der Waals surface area contributed by atoms with Crippen LogP contribution in [0.2, 0.25) is 0 Å². The standard InChI is InChI=1S/C24H21FN2O8S/c1-31-16-8-14(19(33-3)21-20(16)34-11-35-21)15-9-17(28)27(13-6-4-12(25)5-7-13)23-22(15)36-24(30)26(23)10-18(29)32-2/h4-8,15H,9-11H2,1-3H3. The summed E-state index contributed by atoms with van der Waals surface area (Å²) in [5, 5.41) is 0. The molecule has 5 rings (SSSR count). The molecule has 12 heteroatoms. The lowest BCUT2D eigenvalue weighted by molar-refractivity contribution is -0.141. The minimum Gasteiger partial charge on any atom is -0.493 e. The molecule has 3 aromatic rings. The Balaban J connectivity index is 1.74. The summed E-state index contributed by atoms with van der Waals surface area (Å²) in [6.07, 6.45) is -0.0400. The fourth-order valence-electron chi connectivity index (χ4n) is 4.44. The third-order valence-corrected chi connectivity index (χ3v) is 7.12. The number of rotatable bonds is 6. The predicted octanol–water partition coefficient (Wildman–Crippen LogP) is 3.17. The van der Waals surface area contributed by atoms with Gasteiger partial charge in [0.25, 0.3) is 0 Å².